The lowest BCUT2D eigenvalue weighted by Gasteiger charge is -2.07. The van der Waals surface area contributed by atoms with Crippen molar-refractivity contribution in [3.63, 3.8) is 0 Å². The van der Waals surface area contributed by atoms with E-state index in [4.69, 9.17) is 9.47 Å². The number of carbonyl (C=O) groups is 1. The lowest BCUT2D eigenvalue weighted by atomic mass is 10.2. The van der Waals surface area contributed by atoms with Crippen LogP contribution in [-0.4, -0.2) is 19.7 Å². The van der Waals surface area contributed by atoms with Crippen molar-refractivity contribution in [2.24, 2.45) is 0 Å². The van der Waals surface area contributed by atoms with Crippen molar-refractivity contribution in [2.45, 2.75) is 6.92 Å². The summed E-state index contributed by atoms with van der Waals surface area (Å²) in [7, 11) is 1.53. The van der Waals surface area contributed by atoms with Crippen LogP contribution in [0.5, 0.6) is 5.75 Å². The Hall–Kier alpha value is -0.780. The maximum Gasteiger partial charge on any atom is 0.341 e. The number of methoxy groups -OCH3 is 1. The van der Waals surface area contributed by atoms with E-state index in [-0.39, 0.29) is 5.97 Å². The molecular formula is C10H11IO3. The molecule has 4 heteroatoms. The SMILES string of the molecule is CCOC(=O)c1cc(I)ccc1OC. The Morgan fingerprint density at radius 2 is 2.21 bits per heavy atom. The molecule has 1 aromatic rings. The monoisotopic (exact) mass is 306 g/mol. The smallest absolute Gasteiger partial charge is 0.341 e. The van der Waals surface area contributed by atoms with Crippen molar-refractivity contribution in [1.82, 2.24) is 0 Å². The number of halogens is 1. The highest BCUT2D eigenvalue weighted by atomic mass is 127. The van der Waals surface area contributed by atoms with Crippen LogP contribution < -0.4 is 4.74 Å². The van der Waals surface area contributed by atoms with Gasteiger partial charge in [0.1, 0.15) is 11.3 Å². The van der Waals surface area contributed by atoms with E-state index in [1.165, 1.54) is 7.11 Å². The third-order valence-electron chi connectivity index (χ3n) is 1.66. The first-order chi connectivity index (χ1) is 6.69. The molecule has 0 radical (unpaired) electrons. The molecule has 0 unspecified atom stereocenters. The molecule has 0 aromatic heterocycles. The largest absolute Gasteiger partial charge is 0.496 e. The van der Waals surface area contributed by atoms with Gasteiger partial charge in [0.15, 0.2) is 0 Å². The highest BCUT2D eigenvalue weighted by Gasteiger charge is 2.13. The van der Waals surface area contributed by atoms with Gasteiger partial charge in [-0.1, -0.05) is 0 Å². The molecule has 0 spiro atoms. The van der Waals surface area contributed by atoms with Gasteiger partial charge >= 0.3 is 5.97 Å². The van der Waals surface area contributed by atoms with Crippen molar-refractivity contribution in [3.8, 4) is 5.75 Å². The van der Waals surface area contributed by atoms with E-state index in [0.29, 0.717) is 17.9 Å². The molecule has 14 heavy (non-hydrogen) atoms. The van der Waals surface area contributed by atoms with Crippen LogP contribution in [0.3, 0.4) is 0 Å². The number of hydrogen-bond acceptors (Lipinski definition) is 3. The van der Waals surface area contributed by atoms with E-state index in [1.807, 2.05) is 6.07 Å². The number of rotatable bonds is 3. The topological polar surface area (TPSA) is 35.5 Å². The summed E-state index contributed by atoms with van der Waals surface area (Å²) in [4.78, 5) is 11.5. The van der Waals surface area contributed by atoms with E-state index >= 15 is 0 Å². The van der Waals surface area contributed by atoms with Gasteiger partial charge in [0.2, 0.25) is 0 Å². The van der Waals surface area contributed by atoms with E-state index < -0.39 is 0 Å². The van der Waals surface area contributed by atoms with Crippen LogP contribution >= 0.6 is 22.6 Å². The number of benzene rings is 1. The number of carbonyl (C=O) groups excluding carboxylic acids is 1. The minimum absolute atomic E-state index is 0.345. The quantitative estimate of drug-likeness (QED) is 0.636. The van der Waals surface area contributed by atoms with E-state index in [1.54, 1.807) is 19.1 Å². The second kappa shape index (κ2) is 5.19. The lowest BCUT2D eigenvalue weighted by molar-refractivity contribution is 0.0522. The zero-order valence-corrected chi connectivity index (χ0v) is 10.2. The molecule has 0 saturated carbocycles. The Labute approximate surface area is 96.5 Å². The van der Waals surface area contributed by atoms with Gasteiger partial charge in [-0.2, -0.15) is 0 Å². The molecule has 0 heterocycles. The first kappa shape index (κ1) is 11.3. The molecule has 0 bridgehead atoms. The summed E-state index contributed by atoms with van der Waals surface area (Å²) >= 11 is 2.14. The molecule has 0 fully saturated rings. The molecule has 3 nitrogen and oxygen atoms in total. The van der Waals surface area contributed by atoms with E-state index in [9.17, 15) is 4.79 Å². The zero-order chi connectivity index (χ0) is 10.6. The van der Waals surface area contributed by atoms with Crippen LogP contribution in [0.25, 0.3) is 0 Å². The Morgan fingerprint density at radius 1 is 1.50 bits per heavy atom. The highest BCUT2D eigenvalue weighted by Crippen LogP contribution is 2.21. The van der Waals surface area contributed by atoms with Gasteiger partial charge in [-0.3, -0.25) is 0 Å². The van der Waals surface area contributed by atoms with Crippen LogP contribution in [0.4, 0.5) is 0 Å². The van der Waals surface area contributed by atoms with Crippen molar-refractivity contribution in [1.29, 1.82) is 0 Å². The van der Waals surface area contributed by atoms with Gasteiger partial charge in [-0.05, 0) is 47.7 Å². The molecule has 0 aliphatic carbocycles. The van der Waals surface area contributed by atoms with E-state index in [2.05, 4.69) is 22.6 Å². The van der Waals surface area contributed by atoms with Gasteiger partial charge in [-0.15, -0.1) is 0 Å². The molecule has 0 saturated heterocycles. The van der Waals surface area contributed by atoms with Crippen LogP contribution in [0.1, 0.15) is 17.3 Å². The van der Waals surface area contributed by atoms with Crippen molar-refractivity contribution >= 4 is 28.6 Å². The molecule has 0 aliphatic rings. The maximum absolute atomic E-state index is 11.5. The predicted octanol–water partition coefficient (Wildman–Crippen LogP) is 2.48. The molecule has 0 N–H and O–H groups in total. The van der Waals surface area contributed by atoms with Gasteiger partial charge in [0.25, 0.3) is 0 Å². The normalized spacial score (nSPS) is 9.64. The Bertz CT molecular complexity index is 336. The fraction of sp³-hybridized carbons (Fsp3) is 0.300. The summed E-state index contributed by atoms with van der Waals surface area (Å²) in [5.41, 5.74) is 0.473. The maximum atomic E-state index is 11.5. The molecule has 76 valence electrons. The van der Waals surface area contributed by atoms with Gasteiger partial charge in [0.05, 0.1) is 13.7 Å². The summed E-state index contributed by atoms with van der Waals surface area (Å²) in [6.45, 7) is 2.14. The molecule has 1 aromatic carbocycles. The van der Waals surface area contributed by atoms with Crippen LogP contribution in [0, 0.1) is 3.57 Å². The van der Waals surface area contributed by atoms with Crippen molar-refractivity contribution < 1.29 is 14.3 Å². The zero-order valence-electron chi connectivity index (χ0n) is 8.04. The molecule has 1 rings (SSSR count). The Balaban J connectivity index is 3.03. The summed E-state index contributed by atoms with van der Waals surface area (Å²) in [5, 5.41) is 0. The molecule has 0 atom stereocenters. The van der Waals surface area contributed by atoms with Crippen LogP contribution in [0.15, 0.2) is 18.2 Å². The predicted molar refractivity (Wildman–Crippen MR) is 61.7 cm³/mol. The van der Waals surface area contributed by atoms with Gasteiger partial charge in [-0.25, -0.2) is 4.79 Å². The number of hydrogen-bond donors (Lipinski definition) is 0. The first-order valence-electron chi connectivity index (χ1n) is 4.19. The molecule has 0 aliphatic heterocycles. The summed E-state index contributed by atoms with van der Waals surface area (Å²) in [6.07, 6.45) is 0. The third kappa shape index (κ3) is 2.60. The second-order valence-corrected chi connectivity index (χ2v) is 3.81. The van der Waals surface area contributed by atoms with Gasteiger partial charge < -0.3 is 9.47 Å². The van der Waals surface area contributed by atoms with Crippen molar-refractivity contribution in [3.05, 3.63) is 27.3 Å². The average molecular weight is 306 g/mol. The highest BCUT2D eigenvalue weighted by molar-refractivity contribution is 14.1. The second-order valence-electron chi connectivity index (χ2n) is 2.57. The average Bonchev–Trinajstić information content (AvgIpc) is 2.18. The standard InChI is InChI=1S/C10H11IO3/c1-3-14-10(12)8-6-7(11)4-5-9(8)13-2/h4-6H,3H2,1-2H3. The lowest BCUT2D eigenvalue weighted by Crippen LogP contribution is -2.06. The summed E-state index contributed by atoms with van der Waals surface area (Å²) in [5.74, 6) is 0.201. The molecule has 0 amide bonds. The van der Waals surface area contributed by atoms with Gasteiger partial charge in [0, 0.05) is 3.57 Å². The minimum atomic E-state index is -0.345. The molecular weight excluding hydrogens is 295 g/mol. The van der Waals surface area contributed by atoms with Crippen LogP contribution in [-0.2, 0) is 4.74 Å². The number of esters is 1. The Morgan fingerprint density at radius 3 is 2.79 bits per heavy atom. The fourth-order valence-electron chi connectivity index (χ4n) is 1.05. The summed E-state index contributed by atoms with van der Waals surface area (Å²) in [6, 6.07) is 5.38. The third-order valence-corrected chi connectivity index (χ3v) is 2.33. The summed E-state index contributed by atoms with van der Waals surface area (Å²) < 4.78 is 10.9. The van der Waals surface area contributed by atoms with Crippen LogP contribution in [0.2, 0.25) is 0 Å². The first-order valence-corrected chi connectivity index (χ1v) is 5.27. The fourth-order valence-corrected chi connectivity index (χ4v) is 1.54. The Kier molecular flexibility index (Phi) is 4.19. The number of ether oxygens (including phenoxy) is 2. The van der Waals surface area contributed by atoms with E-state index in [0.717, 1.165) is 3.57 Å². The van der Waals surface area contributed by atoms with Crippen molar-refractivity contribution in [2.75, 3.05) is 13.7 Å². The minimum Gasteiger partial charge on any atom is -0.496 e.